The lowest BCUT2D eigenvalue weighted by atomic mass is 10.3. The fourth-order valence-electron chi connectivity index (χ4n) is 1.16. The van der Waals surface area contributed by atoms with Crippen LogP contribution in [-0.4, -0.2) is 44.0 Å². The van der Waals surface area contributed by atoms with Crippen LogP contribution in [0.25, 0.3) is 0 Å². The number of amides is 1. The number of aliphatic hydroxyl groups excluding tert-OH is 1. The predicted molar refractivity (Wildman–Crippen MR) is 70.6 cm³/mol. The molecule has 0 aliphatic rings. The van der Waals surface area contributed by atoms with Crippen molar-refractivity contribution in [3.05, 3.63) is 28.7 Å². The number of carbonyl (C=O) groups is 1. The van der Waals surface area contributed by atoms with Gasteiger partial charge >= 0.3 is 0 Å². The topological polar surface area (TPSA) is 67.8 Å². The monoisotopic (exact) mass is 317 g/mol. The summed E-state index contributed by atoms with van der Waals surface area (Å²) in [7, 11) is 0. The van der Waals surface area contributed by atoms with E-state index in [-0.39, 0.29) is 25.7 Å². The van der Waals surface area contributed by atoms with Crippen molar-refractivity contribution in [1.82, 2.24) is 5.32 Å². The number of rotatable bonds is 8. The second-order valence-electron chi connectivity index (χ2n) is 3.43. The molecule has 100 valence electrons. The number of ether oxygens (including phenoxy) is 2. The Bertz CT molecular complexity index is 356. The van der Waals surface area contributed by atoms with Crippen molar-refractivity contribution in [3.63, 3.8) is 0 Å². The fourth-order valence-corrected chi connectivity index (χ4v) is 1.42. The Morgan fingerprint density at radius 1 is 1.28 bits per heavy atom. The van der Waals surface area contributed by atoms with Gasteiger partial charge in [0, 0.05) is 11.0 Å². The van der Waals surface area contributed by atoms with E-state index in [1.807, 2.05) is 12.1 Å². The minimum absolute atomic E-state index is 0.0133. The molecule has 0 saturated heterocycles. The summed E-state index contributed by atoms with van der Waals surface area (Å²) in [6.07, 6.45) is 0. The highest BCUT2D eigenvalue weighted by atomic mass is 79.9. The smallest absolute Gasteiger partial charge is 0.258 e. The number of aliphatic hydroxyl groups is 1. The minimum atomic E-state index is -0.203. The molecular weight excluding hydrogens is 302 g/mol. The maximum atomic E-state index is 11.4. The van der Waals surface area contributed by atoms with E-state index in [1.165, 1.54) is 0 Å². The van der Waals surface area contributed by atoms with Gasteiger partial charge in [-0.25, -0.2) is 0 Å². The molecule has 5 nitrogen and oxygen atoms in total. The van der Waals surface area contributed by atoms with Crippen LogP contribution in [0.4, 0.5) is 0 Å². The van der Waals surface area contributed by atoms with Gasteiger partial charge in [-0.1, -0.05) is 15.9 Å². The van der Waals surface area contributed by atoms with Crippen molar-refractivity contribution in [2.75, 3.05) is 33.0 Å². The zero-order chi connectivity index (χ0) is 13.2. The fraction of sp³-hybridized carbons (Fsp3) is 0.417. The number of halogens is 1. The van der Waals surface area contributed by atoms with Crippen LogP contribution in [0, 0.1) is 0 Å². The van der Waals surface area contributed by atoms with Gasteiger partial charge in [-0.2, -0.15) is 0 Å². The van der Waals surface area contributed by atoms with E-state index in [1.54, 1.807) is 12.1 Å². The molecule has 0 aliphatic heterocycles. The first kappa shape index (κ1) is 14.9. The van der Waals surface area contributed by atoms with E-state index in [4.69, 9.17) is 14.6 Å². The highest BCUT2D eigenvalue weighted by Crippen LogP contribution is 2.15. The van der Waals surface area contributed by atoms with Gasteiger partial charge in [-0.15, -0.1) is 0 Å². The van der Waals surface area contributed by atoms with Crippen LogP contribution >= 0.6 is 15.9 Å². The second-order valence-corrected chi connectivity index (χ2v) is 4.34. The minimum Gasteiger partial charge on any atom is -0.484 e. The molecule has 0 aliphatic carbocycles. The largest absolute Gasteiger partial charge is 0.484 e. The summed E-state index contributed by atoms with van der Waals surface area (Å²) in [6, 6.07) is 7.25. The number of hydrogen-bond donors (Lipinski definition) is 2. The van der Waals surface area contributed by atoms with Crippen molar-refractivity contribution in [2.24, 2.45) is 0 Å². The first-order chi connectivity index (χ1) is 8.72. The van der Waals surface area contributed by atoms with E-state index < -0.39 is 0 Å². The molecular formula is C12H16BrNO4. The average Bonchev–Trinajstić information content (AvgIpc) is 2.38. The van der Waals surface area contributed by atoms with E-state index in [0.29, 0.717) is 18.9 Å². The third-order valence-corrected chi connectivity index (χ3v) is 2.52. The quantitative estimate of drug-likeness (QED) is 0.701. The van der Waals surface area contributed by atoms with E-state index >= 15 is 0 Å². The average molecular weight is 318 g/mol. The molecule has 0 bridgehead atoms. The number of carbonyl (C=O) groups excluding carboxylic acids is 1. The van der Waals surface area contributed by atoms with Crippen LogP contribution in [0.2, 0.25) is 0 Å². The molecule has 0 fully saturated rings. The van der Waals surface area contributed by atoms with Gasteiger partial charge in [0.1, 0.15) is 5.75 Å². The van der Waals surface area contributed by atoms with Gasteiger partial charge in [0.25, 0.3) is 5.91 Å². The molecule has 0 atom stereocenters. The van der Waals surface area contributed by atoms with Crippen molar-refractivity contribution >= 4 is 21.8 Å². The molecule has 18 heavy (non-hydrogen) atoms. The maximum absolute atomic E-state index is 11.4. The standard InChI is InChI=1S/C12H16BrNO4/c13-10-1-3-11(4-2-10)18-9-12(16)14-5-7-17-8-6-15/h1-4,15H,5-9H2,(H,14,16). The Balaban J connectivity index is 2.11. The first-order valence-electron chi connectivity index (χ1n) is 5.56. The number of hydrogen-bond acceptors (Lipinski definition) is 4. The molecule has 0 spiro atoms. The molecule has 2 N–H and O–H groups in total. The van der Waals surface area contributed by atoms with Crippen LogP contribution in [0.15, 0.2) is 28.7 Å². The summed E-state index contributed by atoms with van der Waals surface area (Å²) in [5.41, 5.74) is 0. The van der Waals surface area contributed by atoms with Crippen molar-refractivity contribution in [1.29, 1.82) is 0 Å². The molecule has 6 heteroatoms. The lowest BCUT2D eigenvalue weighted by Gasteiger charge is -2.07. The molecule has 1 aromatic carbocycles. The summed E-state index contributed by atoms with van der Waals surface area (Å²) in [6.45, 7) is 1.03. The first-order valence-corrected chi connectivity index (χ1v) is 6.35. The van der Waals surface area contributed by atoms with Crippen molar-refractivity contribution in [2.45, 2.75) is 0 Å². The molecule has 1 aromatic rings. The lowest BCUT2D eigenvalue weighted by Crippen LogP contribution is -2.31. The van der Waals surface area contributed by atoms with E-state index in [2.05, 4.69) is 21.2 Å². The Labute approximate surface area is 114 Å². The van der Waals surface area contributed by atoms with Crippen molar-refractivity contribution < 1.29 is 19.4 Å². The lowest BCUT2D eigenvalue weighted by molar-refractivity contribution is -0.123. The Hall–Kier alpha value is -1.11. The van der Waals surface area contributed by atoms with Gasteiger partial charge in [-0.05, 0) is 24.3 Å². The molecule has 1 amide bonds. The van der Waals surface area contributed by atoms with Gasteiger partial charge in [0.2, 0.25) is 0 Å². The Morgan fingerprint density at radius 3 is 2.67 bits per heavy atom. The van der Waals surface area contributed by atoms with Gasteiger partial charge < -0.3 is 19.9 Å². The second kappa shape index (κ2) is 8.91. The van der Waals surface area contributed by atoms with Gasteiger partial charge in [0.15, 0.2) is 6.61 Å². The summed E-state index contributed by atoms with van der Waals surface area (Å²) in [4.78, 5) is 11.4. The van der Waals surface area contributed by atoms with E-state index in [0.717, 1.165) is 4.47 Å². The van der Waals surface area contributed by atoms with Crippen LogP contribution in [-0.2, 0) is 9.53 Å². The summed E-state index contributed by atoms with van der Waals surface area (Å²) in [5, 5.41) is 11.1. The third kappa shape index (κ3) is 6.58. The van der Waals surface area contributed by atoms with Crippen LogP contribution < -0.4 is 10.1 Å². The molecule has 0 radical (unpaired) electrons. The predicted octanol–water partition coefficient (Wildman–Crippen LogP) is 0.953. The van der Waals surface area contributed by atoms with E-state index in [9.17, 15) is 4.79 Å². The maximum Gasteiger partial charge on any atom is 0.258 e. The number of benzene rings is 1. The van der Waals surface area contributed by atoms with Crippen LogP contribution in [0.1, 0.15) is 0 Å². The normalized spacial score (nSPS) is 10.1. The summed E-state index contributed by atoms with van der Waals surface area (Å²) in [5.74, 6) is 0.440. The molecule has 0 heterocycles. The number of nitrogens with one attached hydrogen (secondary N) is 1. The molecule has 1 rings (SSSR count). The zero-order valence-electron chi connectivity index (χ0n) is 9.89. The van der Waals surface area contributed by atoms with Crippen molar-refractivity contribution in [3.8, 4) is 5.75 Å². The Kier molecular flexibility index (Phi) is 7.40. The highest BCUT2D eigenvalue weighted by Gasteiger charge is 2.01. The van der Waals surface area contributed by atoms with Crippen LogP contribution in [0.3, 0.4) is 0 Å². The third-order valence-electron chi connectivity index (χ3n) is 1.99. The van der Waals surface area contributed by atoms with Gasteiger partial charge in [0.05, 0.1) is 19.8 Å². The Morgan fingerprint density at radius 2 is 2.00 bits per heavy atom. The van der Waals surface area contributed by atoms with Crippen LogP contribution in [0.5, 0.6) is 5.75 Å². The summed E-state index contributed by atoms with van der Waals surface area (Å²) < 4.78 is 11.2. The SMILES string of the molecule is O=C(COc1ccc(Br)cc1)NCCOCCO. The molecule has 0 saturated carbocycles. The van der Waals surface area contributed by atoms with Gasteiger partial charge in [-0.3, -0.25) is 4.79 Å². The molecule has 0 unspecified atom stereocenters. The highest BCUT2D eigenvalue weighted by molar-refractivity contribution is 9.10. The zero-order valence-corrected chi connectivity index (χ0v) is 11.5. The molecule has 0 aromatic heterocycles. The summed E-state index contributed by atoms with van der Waals surface area (Å²) >= 11 is 3.31.